The van der Waals surface area contributed by atoms with Gasteiger partial charge < -0.3 is 9.64 Å². The molecular formula is C15H20BNO2. The van der Waals surface area contributed by atoms with Crippen LogP contribution in [0.4, 0.5) is 5.69 Å². The summed E-state index contributed by atoms with van der Waals surface area (Å²) in [6, 6.07) is 4.18. The third-order valence-corrected chi connectivity index (χ3v) is 3.85. The van der Waals surface area contributed by atoms with Gasteiger partial charge in [0.25, 0.3) is 0 Å². The predicted molar refractivity (Wildman–Crippen MR) is 78.8 cm³/mol. The van der Waals surface area contributed by atoms with Gasteiger partial charge >= 0.3 is 0 Å². The summed E-state index contributed by atoms with van der Waals surface area (Å²) in [6.07, 6.45) is 2.93. The first-order valence-corrected chi connectivity index (χ1v) is 6.87. The van der Waals surface area contributed by atoms with E-state index in [4.69, 9.17) is 12.6 Å². The summed E-state index contributed by atoms with van der Waals surface area (Å²) >= 11 is 0. The van der Waals surface area contributed by atoms with Crippen molar-refractivity contribution in [2.24, 2.45) is 0 Å². The smallest absolute Gasteiger partial charge is 0.150 e. The molecule has 0 unspecified atom stereocenters. The minimum absolute atomic E-state index is 0.471. The Bertz CT molecular complexity index is 456. The molecule has 1 saturated heterocycles. The molecule has 0 aromatic heterocycles. The zero-order valence-corrected chi connectivity index (χ0v) is 11.7. The SMILES string of the molecule is [B]c1cc(C=O)c(C)c(N(CC)C2CCOCC2)c1. The standard InChI is InChI=1S/C15H20BNO2/c1-3-17(14-4-6-19-7-5-14)15-9-13(16)8-12(10-18)11(15)2/h8-10,14H,3-7H2,1-2H3. The lowest BCUT2D eigenvalue weighted by Crippen LogP contribution is -2.40. The Morgan fingerprint density at radius 3 is 2.68 bits per heavy atom. The molecule has 0 aliphatic carbocycles. The van der Waals surface area contributed by atoms with Crippen LogP contribution in [0.5, 0.6) is 0 Å². The van der Waals surface area contributed by atoms with Crippen molar-refractivity contribution in [1.82, 2.24) is 0 Å². The van der Waals surface area contributed by atoms with E-state index in [2.05, 4.69) is 11.8 Å². The number of carbonyl (C=O) groups is 1. The zero-order valence-electron chi connectivity index (χ0n) is 11.7. The molecule has 2 radical (unpaired) electrons. The minimum atomic E-state index is 0.471. The van der Waals surface area contributed by atoms with Gasteiger partial charge in [0.2, 0.25) is 0 Å². The van der Waals surface area contributed by atoms with Gasteiger partial charge in [-0.3, -0.25) is 4.79 Å². The summed E-state index contributed by atoms with van der Waals surface area (Å²) in [6.45, 7) is 6.65. The summed E-state index contributed by atoms with van der Waals surface area (Å²) in [5.74, 6) is 0. The third-order valence-electron chi connectivity index (χ3n) is 3.85. The van der Waals surface area contributed by atoms with E-state index in [0.717, 1.165) is 50.1 Å². The van der Waals surface area contributed by atoms with Crippen molar-refractivity contribution < 1.29 is 9.53 Å². The lowest BCUT2D eigenvalue weighted by atomic mass is 9.90. The van der Waals surface area contributed by atoms with Crippen molar-refractivity contribution in [3.63, 3.8) is 0 Å². The molecule has 0 saturated carbocycles. The van der Waals surface area contributed by atoms with Crippen LogP contribution in [0.2, 0.25) is 0 Å². The monoisotopic (exact) mass is 257 g/mol. The van der Waals surface area contributed by atoms with Crippen molar-refractivity contribution in [2.45, 2.75) is 32.7 Å². The maximum Gasteiger partial charge on any atom is 0.150 e. The fraction of sp³-hybridized carbons (Fsp3) is 0.533. The van der Waals surface area contributed by atoms with Gasteiger partial charge in [-0.05, 0) is 38.3 Å². The molecule has 1 aliphatic heterocycles. The van der Waals surface area contributed by atoms with Gasteiger partial charge in [0.15, 0.2) is 0 Å². The van der Waals surface area contributed by atoms with E-state index < -0.39 is 0 Å². The molecule has 0 atom stereocenters. The number of carbonyl (C=O) groups excluding carboxylic acids is 1. The van der Waals surface area contributed by atoms with Crippen LogP contribution in [0.3, 0.4) is 0 Å². The average Bonchev–Trinajstić information content (AvgIpc) is 2.44. The highest BCUT2D eigenvalue weighted by Crippen LogP contribution is 2.26. The Labute approximate surface area is 116 Å². The molecule has 0 N–H and O–H groups in total. The van der Waals surface area contributed by atoms with Crippen LogP contribution in [-0.2, 0) is 4.74 Å². The van der Waals surface area contributed by atoms with Crippen molar-refractivity contribution in [1.29, 1.82) is 0 Å². The molecule has 0 spiro atoms. The lowest BCUT2D eigenvalue weighted by Gasteiger charge is -2.36. The first-order chi connectivity index (χ1) is 9.17. The highest BCUT2D eigenvalue weighted by atomic mass is 16.5. The Kier molecular flexibility index (Phi) is 4.64. The van der Waals surface area contributed by atoms with Gasteiger partial charge in [-0.15, -0.1) is 0 Å². The fourth-order valence-corrected chi connectivity index (χ4v) is 2.79. The van der Waals surface area contributed by atoms with E-state index in [9.17, 15) is 4.79 Å². The number of aldehydes is 1. The van der Waals surface area contributed by atoms with Crippen molar-refractivity contribution in [2.75, 3.05) is 24.7 Å². The van der Waals surface area contributed by atoms with Gasteiger partial charge in [-0.2, -0.15) is 0 Å². The van der Waals surface area contributed by atoms with Gasteiger partial charge in [0.1, 0.15) is 14.1 Å². The Hall–Kier alpha value is -1.29. The van der Waals surface area contributed by atoms with Crippen LogP contribution < -0.4 is 10.4 Å². The Morgan fingerprint density at radius 2 is 2.11 bits per heavy atom. The molecule has 2 rings (SSSR count). The Morgan fingerprint density at radius 1 is 1.42 bits per heavy atom. The second kappa shape index (κ2) is 6.24. The normalized spacial score (nSPS) is 16.3. The summed E-state index contributed by atoms with van der Waals surface area (Å²) in [7, 11) is 5.92. The average molecular weight is 257 g/mol. The van der Waals surface area contributed by atoms with Gasteiger partial charge in [0.05, 0.1) is 0 Å². The minimum Gasteiger partial charge on any atom is -0.381 e. The number of rotatable bonds is 4. The summed E-state index contributed by atoms with van der Waals surface area (Å²) < 4.78 is 5.42. The summed E-state index contributed by atoms with van der Waals surface area (Å²) in [5.41, 5.74) is 3.42. The molecular weight excluding hydrogens is 237 g/mol. The van der Waals surface area contributed by atoms with Crippen LogP contribution in [0, 0.1) is 6.92 Å². The van der Waals surface area contributed by atoms with E-state index in [1.165, 1.54) is 0 Å². The van der Waals surface area contributed by atoms with Crippen molar-refractivity contribution in [3.05, 3.63) is 23.3 Å². The van der Waals surface area contributed by atoms with Crippen LogP contribution >= 0.6 is 0 Å². The van der Waals surface area contributed by atoms with E-state index in [1.54, 1.807) is 6.07 Å². The first-order valence-electron chi connectivity index (χ1n) is 6.87. The van der Waals surface area contributed by atoms with Crippen molar-refractivity contribution >= 4 is 25.3 Å². The van der Waals surface area contributed by atoms with Gasteiger partial charge in [-0.25, -0.2) is 0 Å². The summed E-state index contributed by atoms with van der Waals surface area (Å²) in [4.78, 5) is 13.5. The largest absolute Gasteiger partial charge is 0.381 e. The van der Waals surface area contributed by atoms with Crippen LogP contribution in [0.15, 0.2) is 12.1 Å². The molecule has 1 heterocycles. The molecule has 1 aromatic rings. The molecule has 1 aromatic carbocycles. The molecule has 0 amide bonds. The highest BCUT2D eigenvalue weighted by molar-refractivity contribution is 6.33. The maximum absolute atomic E-state index is 11.1. The number of benzene rings is 1. The maximum atomic E-state index is 11.1. The summed E-state index contributed by atoms with van der Waals surface area (Å²) in [5, 5.41) is 0. The predicted octanol–water partition coefficient (Wildman–Crippen LogP) is 1.61. The second-order valence-corrected chi connectivity index (χ2v) is 5.00. The Balaban J connectivity index is 2.36. The van der Waals surface area contributed by atoms with Gasteiger partial charge in [0, 0.05) is 37.1 Å². The lowest BCUT2D eigenvalue weighted by molar-refractivity contribution is 0.0846. The van der Waals surface area contributed by atoms with Crippen LogP contribution in [0.1, 0.15) is 35.7 Å². The number of ether oxygens (including phenoxy) is 1. The zero-order chi connectivity index (χ0) is 13.8. The third kappa shape index (κ3) is 3.00. The van der Waals surface area contributed by atoms with Crippen LogP contribution in [-0.4, -0.2) is 39.9 Å². The van der Waals surface area contributed by atoms with E-state index >= 15 is 0 Å². The van der Waals surface area contributed by atoms with Gasteiger partial charge in [-0.1, -0.05) is 11.5 Å². The molecule has 100 valence electrons. The molecule has 4 heteroatoms. The van der Waals surface area contributed by atoms with Crippen molar-refractivity contribution in [3.8, 4) is 0 Å². The molecule has 1 aliphatic rings. The molecule has 3 nitrogen and oxygen atoms in total. The molecule has 0 bridgehead atoms. The molecule has 19 heavy (non-hydrogen) atoms. The van der Waals surface area contributed by atoms with E-state index in [0.29, 0.717) is 17.1 Å². The van der Waals surface area contributed by atoms with E-state index in [1.807, 2.05) is 13.0 Å². The first kappa shape index (κ1) is 14.1. The second-order valence-electron chi connectivity index (χ2n) is 5.00. The number of hydrogen-bond donors (Lipinski definition) is 0. The number of nitrogens with zero attached hydrogens (tertiary/aromatic N) is 1. The quantitative estimate of drug-likeness (QED) is 0.606. The topological polar surface area (TPSA) is 29.5 Å². The number of hydrogen-bond acceptors (Lipinski definition) is 3. The van der Waals surface area contributed by atoms with E-state index in [-0.39, 0.29) is 0 Å². The fourth-order valence-electron chi connectivity index (χ4n) is 2.79. The highest BCUT2D eigenvalue weighted by Gasteiger charge is 2.22. The molecule has 1 fully saturated rings. The van der Waals surface area contributed by atoms with Crippen LogP contribution in [0.25, 0.3) is 0 Å². The number of anilines is 1.